The Labute approximate surface area is 112 Å². The Kier molecular flexibility index (Phi) is 6.24. The van der Waals surface area contributed by atoms with Crippen LogP contribution in [-0.2, 0) is 12.8 Å². The molecule has 0 heterocycles. The van der Waals surface area contributed by atoms with Crippen LogP contribution in [0.15, 0.2) is 12.1 Å². The van der Waals surface area contributed by atoms with Crippen LogP contribution in [0, 0.1) is 12.8 Å². The Morgan fingerprint density at radius 2 is 1.72 bits per heavy atom. The van der Waals surface area contributed by atoms with Gasteiger partial charge in [-0.1, -0.05) is 57.7 Å². The monoisotopic (exact) mass is 248 g/mol. The van der Waals surface area contributed by atoms with Crippen molar-refractivity contribution >= 4 is 0 Å². The van der Waals surface area contributed by atoms with E-state index in [9.17, 15) is 5.11 Å². The van der Waals surface area contributed by atoms with Crippen molar-refractivity contribution in [2.75, 3.05) is 0 Å². The molecule has 1 heteroatoms. The van der Waals surface area contributed by atoms with Gasteiger partial charge < -0.3 is 5.11 Å². The van der Waals surface area contributed by atoms with Crippen LogP contribution in [-0.4, -0.2) is 5.11 Å². The van der Waals surface area contributed by atoms with Crippen LogP contribution in [0.2, 0.25) is 0 Å². The fourth-order valence-electron chi connectivity index (χ4n) is 2.44. The van der Waals surface area contributed by atoms with E-state index in [4.69, 9.17) is 0 Å². The second kappa shape index (κ2) is 7.45. The summed E-state index contributed by atoms with van der Waals surface area (Å²) in [7, 11) is 0. The van der Waals surface area contributed by atoms with E-state index in [-0.39, 0.29) is 0 Å². The fraction of sp³-hybridized carbons (Fsp3) is 0.647. The molecule has 1 N–H and O–H groups in total. The predicted octanol–water partition coefficient (Wildman–Crippen LogP) is 5.02. The van der Waals surface area contributed by atoms with Crippen LogP contribution < -0.4 is 0 Å². The van der Waals surface area contributed by atoms with Gasteiger partial charge in [-0.2, -0.15) is 0 Å². The van der Waals surface area contributed by atoms with Crippen molar-refractivity contribution in [3.63, 3.8) is 0 Å². The van der Waals surface area contributed by atoms with Crippen LogP contribution in [0.25, 0.3) is 0 Å². The zero-order valence-corrected chi connectivity index (χ0v) is 12.4. The number of unbranched alkanes of at least 4 members (excludes halogenated alkanes) is 2. The van der Waals surface area contributed by atoms with E-state index in [1.807, 2.05) is 0 Å². The van der Waals surface area contributed by atoms with Crippen LogP contribution in [0.1, 0.15) is 63.1 Å². The highest BCUT2D eigenvalue weighted by Gasteiger charge is 2.07. The van der Waals surface area contributed by atoms with Gasteiger partial charge in [-0.05, 0) is 43.2 Å². The molecule has 0 amide bonds. The number of hydrogen-bond acceptors (Lipinski definition) is 1. The van der Waals surface area contributed by atoms with Crippen molar-refractivity contribution in [1.29, 1.82) is 0 Å². The van der Waals surface area contributed by atoms with Crippen molar-refractivity contribution in [3.8, 4) is 5.75 Å². The Morgan fingerprint density at radius 1 is 1.06 bits per heavy atom. The second-order valence-corrected chi connectivity index (χ2v) is 5.78. The van der Waals surface area contributed by atoms with E-state index in [2.05, 4.69) is 39.8 Å². The van der Waals surface area contributed by atoms with Crippen molar-refractivity contribution in [2.24, 2.45) is 5.92 Å². The molecule has 102 valence electrons. The van der Waals surface area contributed by atoms with Gasteiger partial charge in [0, 0.05) is 0 Å². The Morgan fingerprint density at radius 3 is 2.33 bits per heavy atom. The van der Waals surface area contributed by atoms with Gasteiger partial charge in [-0.15, -0.1) is 0 Å². The maximum Gasteiger partial charge on any atom is 0.121 e. The second-order valence-electron chi connectivity index (χ2n) is 5.78. The lowest BCUT2D eigenvalue weighted by molar-refractivity contribution is 0.458. The zero-order chi connectivity index (χ0) is 13.5. The molecule has 0 spiro atoms. The normalized spacial score (nSPS) is 11.2. The summed E-state index contributed by atoms with van der Waals surface area (Å²) in [6.45, 7) is 8.77. The first kappa shape index (κ1) is 15.1. The summed E-state index contributed by atoms with van der Waals surface area (Å²) in [4.78, 5) is 0. The lowest BCUT2D eigenvalue weighted by atomic mass is 9.97. The minimum absolute atomic E-state index is 0.534. The smallest absolute Gasteiger partial charge is 0.121 e. The maximum atomic E-state index is 10.2. The van der Waals surface area contributed by atoms with Gasteiger partial charge in [0.1, 0.15) is 5.75 Å². The molecule has 0 saturated carbocycles. The minimum atomic E-state index is 0.534. The summed E-state index contributed by atoms with van der Waals surface area (Å²) >= 11 is 0. The zero-order valence-electron chi connectivity index (χ0n) is 12.4. The predicted molar refractivity (Wildman–Crippen MR) is 79.2 cm³/mol. The van der Waals surface area contributed by atoms with Gasteiger partial charge in [0.15, 0.2) is 0 Å². The molecule has 1 nitrogen and oxygen atoms in total. The molecule has 18 heavy (non-hydrogen) atoms. The summed E-state index contributed by atoms with van der Waals surface area (Å²) in [5.41, 5.74) is 3.49. The number of benzene rings is 1. The molecule has 0 atom stereocenters. The van der Waals surface area contributed by atoms with E-state index < -0.39 is 0 Å². The third-order valence-electron chi connectivity index (χ3n) is 3.52. The van der Waals surface area contributed by atoms with E-state index in [1.54, 1.807) is 0 Å². The lowest BCUT2D eigenvalue weighted by Gasteiger charge is -2.11. The van der Waals surface area contributed by atoms with Gasteiger partial charge in [0.05, 0.1) is 0 Å². The van der Waals surface area contributed by atoms with Crippen molar-refractivity contribution in [2.45, 2.75) is 66.2 Å². The standard InChI is InChI=1S/C17H28O/c1-5-15-11-14(4)12-16(17(15)18)10-8-6-7-9-13(2)3/h11-13,18H,5-10H2,1-4H3. The van der Waals surface area contributed by atoms with Crippen molar-refractivity contribution in [3.05, 3.63) is 28.8 Å². The number of aromatic hydroxyl groups is 1. The van der Waals surface area contributed by atoms with Gasteiger partial charge in [0.25, 0.3) is 0 Å². The molecule has 0 unspecified atom stereocenters. The number of phenols is 1. The highest BCUT2D eigenvalue weighted by atomic mass is 16.3. The average Bonchev–Trinajstić information content (AvgIpc) is 2.32. The summed E-state index contributed by atoms with van der Waals surface area (Å²) in [5, 5.41) is 10.2. The lowest BCUT2D eigenvalue weighted by Crippen LogP contribution is -1.94. The summed E-state index contributed by atoms with van der Waals surface area (Å²) in [5.74, 6) is 1.34. The topological polar surface area (TPSA) is 20.2 Å². The molecule has 1 aromatic carbocycles. The summed E-state index contributed by atoms with van der Waals surface area (Å²) in [6, 6.07) is 4.23. The Bertz CT molecular complexity index is 366. The summed E-state index contributed by atoms with van der Waals surface area (Å²) in [6.07, 6.45) is 7.01. The molecule has 0 radical (unpaired) electrons. The van der Waals surface area contributed by atoms with Gasteiger partial charge in [0.2, 0.25) is 0 Å². The Balaban J connectivity index is 2.49. The molecule has 0 aliphatic rings. The van der Waals surface area contributed by atoms with Crippen molar-refractivity contribution < 1.29 is 5.11 Å². The van der Waals surface area contributed by atoms with Gasteiger partial charge in [-0.25, -0.2) is 0 Å². The first-order valence-electron chi connectivity index (χ1n) is 7.36. The molecule has 0 aliphatic carbocycles. The van der Waals surface area contributed by atoms with Crippen LogP contribution in [0.4, 0.5) is 0 Å². The van der Waals surface area contributed by atoms with Crippen LogP contribution >= 0.6 is 0 Å². The van der Waals surface area contributed by atoms with E-state index >= 15 is 0 Å². The fourth-order valence-corrected chi connectivity index (χ4v) is 2.44. The quantitative estimate of drug-likeness (QED) is 0.672. The molecule has 0 saturated heterocycles. The summed E-state index contributed by atoms with van der Waals surface area (Å²) < 4.78 is 0. The molecule has 0 aromatic heterocycles. The number of hydrogen-bond donors (Lipinski definition) is 1. The maximum absolute atomic E-state index is 10.2. The largest absolute Gasteiger partial charge is 0.507 e. The number of rotatable bonds is 7. The van der Waals surface area contributed by atoms with Crippen LogP contribution in [0.3, 0.4) is 0 Å². The molecule has 0 aliphatic heterocycles. The number of phenolic OH excluding ortho intramolecular Hbond substituents is 1. The van der Waals surface area contributed by atoms with Gasteiger partial charge in [-0.3, -0.25) is 0 Å². The van der Waals surface area contributed by atoms with E-state index in [0.717, 1.165) is 29.9 Å². The highest BCUT2D eigenvalue weighted by Crippen LogP contribution is 2.26. The molecule has 1 rings (SSSR count). The molecular weight excluding hydrogens is 220 g/mol. The van der Waals surface area contributed by atoms with E-state index in [1.165, 1.54) is 31.2 Å². The third kappa shape index (κ3) is 4.72. The highest BCUT2D eigenvalue weighted by molar-refractivity contribution is 5.43. The Hall–Kier alpha value is -0.980. The minimum Gasteiger partial charge on any atom is -0.507 e. The van der Waals surface area contributed by atoms with Gasteiger partial charge >= 0.3 is 0 Å². The van der Waals surface area contributed by atoms with Crippen LogP contribution in [0.5, 0.6) is 5.75 Å². The first-order valence-corrected chi connectivity index (χ1v) is 7.36. The average molecular weight is 248 g/mol. The number of aryl methyl sites for hydroxylation is 3. The third-order valence-corrected chi connectivity index (χ3v) is 3.52. The first-order chi connectivity index (χ1) is 8.54. The van der Waals surface area contributed by atoms with Crippen molar-refractivity contribution in [1.82, 2.24) is 0 Å². The molecule has 0 bridgehead atoms. The molecular formula is C17H28O. The molecule has 1 aromatic rings. The molecule has 0 fully saturated rings. The SMILES string of the molecule is CCc1cc(C)cc(CCCCCC(C)C)c1O. The van der Waals surface area contributed by atoms with E-state index in [0.29, 0.717) is 5.75 Å².